The Labute approximate surface area is 220 Å². The Morgan fingerprint density at radius 3 is 2.43 bits per heavy atom. The molecule has 9 heteroatoms. The molecule has 37 heavy (non-hydrogen) atoms. The van der Waals surface area contributed by atoms with Crippen LogP contribution in [0.1, 0.15) is 55.1 Å². The van der Waals surface area contributed by atoms with Crippen LogP contribution in [0.5, 0.6) is 11.5 Å². The number of aliphatic carboxylic acids is 1. The van der Waals surface area contributed by atoms with E-state index >= 15 is 0 Å². The molecule has 0 radical (unpaired) electrons. The summed E-state index contributed by atoms with van der Waals surface area (Å²) in [6.07, 6.45) is 1.06. The largest absolute Gasteiger partial charge is 0.493 e. The van der Waals surface area contributed by atoms with E-state index < -0.39 is 14.3 Å². The zero-order valence-electron chi connectivity index (χ0n) is 22.8. The number of methoxy groups -OCH3 is 1. The second kappa shape index (κ2) is 11.6. The van der Waals surface area contributed by atoms with Gasteiger partial charge in [-0.15, -0.1) is 0 Å². The van der Waals surface area contributed by atoms with E-state index in [1.807, 2.05) is 17.0 Å². The lowest BCUT2D eigenvalue weighted by molar-refractivity contribution is -0.137. The first-order valence-corrected chi connectivity index (χ1v) is 15.6. The Morgan fingerprint density at radius 2 is 1.81 bits per heavy atom. The molecule has 0 spiro atoms. The van der Waals surface area contributed by atoms with Crippen LogP contribution in [0.4, 0.5) is 5.69 Å². The number of fused-ring (bicyclic) bond motifs is 1. The number of carboxylic acids is 1. The molecule has 0 saturated carbocycles. The van der Waals surface area contributed by atoms with Crippen LogP contribution in [0, 0.1) is 0 Å². The van der Waals surface area contributed by atoms with Gasteiger partial charge in [0.15, 0.2) is 19.8 Å². The monoisotopic (exact) mass is 528 g/mol. The van der Waals surface area contributed by atoms with E-state index in [4.69, 9.17) is 24.7 Å². The maximum absolute atomic E-state index is 13.9. The molecule has 8 nitrogen and oxygen atoms in total. The molecule has 0 bridgehead atoms. The summed E-state index contributed by atoms with van der Waals surface area (Å²) in [5.41, 5.74) is 9.30. The van der Waals surface area contributed by atoms with Crippen molar-refractivity contribution in [3.8, 4) is 11.5 Å². The van der Waals surface area contributed by atoms with Crippen LogP contribution in [0.15, 0.2) is 36.4 Å². The first kappa shape index (κ1) is 28.5. The van der Waals surface area contributed by atoms with E-state index in [9.17, 15) is 9.59 Å². The van der Waals surface area contributed by atoms with E-state index in [-0.39, 0.29) is 35.7 Å². The Balaban J connectivity index is 1.87. The zero-order valence-corrected chi connectivity index (χ0v) is 23.8. The van der Waals surface area contributed by atoms with Crippen LogP contribution in [-0.4, -0.2) is 56.6 Å². The number of nitrogens with zero attached hydrogens (tertiary/aromatic N) is 1. The van der Waals surface area contributed by atoms with Crippen molar-refractivity contribution in [3.05, 3.63) is 53.1 Å². The molecule has 0 aliphatic carbocycles. The number of carbonyl (C=O) groups excluding carboxylic acids is 1. The van der Waals surface area contributed by atoms with E-state index in [0.29, 0.717) is 43.1 Å². The lowest BCUT2D eigenvalue weighted by Gasteiger charge is -2.41. The smallest absolute Gasteiger partial charge is 0.303 e. The zero-order chi connectivity index (χ0) is 27.4. The highest BCUT2D eigenvalue weighted by molar-refractivity contribution is 6.74. The first-order valence-electron chi connectivity index (χ1n) is 12.7. The number of hydrogen-bond acceptors (Lipinski definition) is 6. The number of carboxylic acid groups (broad SMARTS) is 1. The molecule has 1 atom stereocenters. The number of nitrogen functional groups attached to an aromatic ring is 1. The van der Waals surface area contributed by atoms with Crippen LogP contribution in [-0.2, 0) is 22.2 Å². The quantitative estimate of drug-likeness (QED) is 0.250. The third-order valence-electron chi connectivity index (χ3n) is 7.42. The number of amides is 1. The topological polar surface area (TPSA) is 111 Å². The van der Waals surface area contributed by atoms with Gasteiger partial charge in [0.2, 0.25) is 0 Å². The number of benzene rings is 2. The summed E-state index contributed by atoms with van der Waals surface area (Å²) in [6.45, 7) is 12.2. The lowest BCUT2D eigenvalue weighted by atomic mass is 9.93. The van der Waals surface area contributed by atoms with Gasteiger partial charge in [-0.1, -0.05) is 45.0 Å². The van der Waals surface area contributed by atoms with Gasteiger partial charge in [-0.2, -0.15) is 0 Å². The number of ether oxygens (including phenoxy) is 2. The van der Waals surface area contributed by atoms with Crippen LogP contribution >= 0.6 is 0 Å². The van der Waals surface area contributed by atoms with Crippen LogP contribution in [0.2, 0.25) is 18.1 Å². The van der Waals surface area contributed by atoms with Gasteiger partial charge in [0, 0.05) is 24.7 Å². The molecule has 0 aromatic heterocycles. The molecule has 0 unspecified atom stereocenters. The standard InChI is InChI=1S/C28H40N2O6Si/c1-28(2,3)37(5,6)36-18-21-14-19-10-7-8-11-20(19)17-30(21)27(33)22-15-24(34-4)25(16-23(22)29)35-13-9-12-26(31)32/h7-8,10-11,15-16,21H,9,12-14,17-18,29H2,1-6H3,(H,31,32)/t21-/m0/s1. The molecule has 202 valence electrons. The van der Waals surface area contributed by atoms with Crippen LogP contribution in [0.25, 0.3) is 0 Å². The molecule has 1 aliphatic heterocycles. The van der Waals surface area contributed by atoms with Crippen molar-refractivity contribution in [1.29, 1.82) is 0 Å². The van der Waals surface area contributed by atoms with Crippen molar-refractivity contribution in [2.45, 2.75) is 70.8 Å². The Kier molecular flexibility index (Phi) is 8.91. The SMILES string of the molecule is COc1cc(C(=O)N2Cc3ccccc3C[C@H]2CO[Si](C)(C)C(C)(C)C)c(N)cc1OCCCC(=O)O. The fraction of sp³-hybridized carbons (Fsp3) is 0.500. The molecule has 1 amide bonds. The molecule has 3 N–H and O–H groups in total. The second-order valence-corrected chi connectivity index (χ2v) is 15.9. The molecular weight excluding hydrogens is 488 g/mol. The average Bonchev–Trinajstić information content (AvgIpc) is 2.83. The molecule has 2 aromatic carbocycles. The van der Waals surface area contributed by atoms with Gasteiger partial charge in [0.05, 0.1) is 31.9 Å². The number of nitrogens with two attached hydrogens (primary N) is 1. The van der Waals surface area contributed by atoms with Gasteiger partial charge in [0.1, 0.15) is 0 Å². The van der Waals surface area contributed by atoms with Crippen LogP contribution in [0.3, 0.4) is 0 Å². The highest BCUT2D eigenvalue weighted by atomic mass is 28.4. The average molecular weight is 529 g/mol. The third kappa shape index (κ3) is 6.84. The highest BCUT2D eigenvalue weighted by Gasteiger charge is 2.39. The summed E-state index contributed by atoms with van der Waals surface area (Å²) in [5.74, 6) is -0.319. The van der Waals surface area contributed by atoms with Gasteiger partial charge in [0.25, 0.3) is 5.91 Å². The van der Waals surface area contributed by atoms with E-state index in [0.717, 1.165) is 5.56 Å². The van der Waals surface area contributed by atoms with Gasteiger partial charge >= 0.3 is 5.97 Å². The number of hydrogen-bond donors (Lipinski definition) is 2. The molecule has 0 saturated heterocycles. The molecule has 3 rings (SSSR count). The second-order valence-electron chi connectivity index (χ2n) is 11.1. The minimum atomic E-state index is -2.02. The van der Waals surface area contributed by atoms with E-state index in [2.05, 4.69) is 46.0 Å². The summed E-state index contributed by atoms with van der Waals surface area (Å²) in [6, 6.07) is 11.2. The predicted molar refractivity (Wildman–Crippen MR) is 147 cm³/mol. The van der Waals surface area contributed by atoms with Crippen molar-refractivity contribution in [2.24, 2.45) is 0 Å². The maximum atomic E-state index is 13.9. The van der Waals surface area contributed by atoms with Crippen molar-refractivity contribution in [2.75, 3.05) is 26.1 Å². The molecule has 2 aromatic rings. The van der Waals surface area contributed by atoms with Gasteiger partial charge in [-0.25, -0.2) is 0 Å². The fourth-order valence-corrected chi connectivity index (χ4v) is 5.13. The number of rotatable bonds is 10. The Morgan fingerprint density at radius 1 is 1.14 bits per heavy atom. The normalized spacial score (nSPS) is 15.7. The van der Waals surface area contributed by atoms with E-state index in [1.54, 1.807) is 12.1 Å². The minimum Gasteiger partial charge on any atom is -0.493 e. The Hall–Kier alpha value is -3.04. The number of carbonyl (C=O) groups is 2. The highest BCUT2D eigenvalue weighted by Crippen LogP contribution is 2.38. The summed E-state index contributed by atoms with van der Waals surface area (Å²) >= 11 is 0. The van der Waals surface area contributed by atoms with Crippen molar-refractivity contribution in [1.82, 2.24) is 4.90 Å². The fourth-order valence-electron chi connectivity index (χ4n) is 4.09. The van der Waals surface area contributed by atoms with Crippen molar-refractivity contribution < 1.29 is 28.6 Å². The molecule has 1 aliphatic rings. The summed E-state index contributed by atoms with van der Waals surface area (Å²) in [4.78, 5) is 26.5. The summed E-state index contributed by atoms with van der Waals surface area (Å²) in [5, 5.41) is 8.89. The lowest BCUT2D eigenvalue weighted by Crippen LogP contribution is -2.50. The van der Waals surface area contributed by atoms with Gasteiger partial charge in [-0.05, 0) is 48.2 Å². The summed E-state index contributed by atoms with van der Waals surface area (Å²) < 4.78 is 17.7. The molecule has 0 fully saturated rings. The molecular formula is C28H40N2O6Si. The minimum absolute atomic E-state index is 0.00311. The summed E-state index contributed by atoms with van der Waals surface area (Å²) in [7, 11) is -0.520. The van der Waals surface area contributed by atoms with Crippen molar-refractivity contribution in [3.63, 3.8) is 0 Å². The Bertz CT molecular complexity index is 1130. The maximum Gasteiger partial charge on any atom is 0.303 e. The van der Waals surface area contributed by atoms with Crippen molar-refractivity contribution >= 4 is 25.9 Å². The van der Waals surface area contributed by atoms with E-state index in [1.165, 1.54) is 12.7 Å². The third-order valence-corrected chi connectivity index (χ3v) is 11.9. The molecule has 1 heterocycles. The van der Waals surface area contributed by atoms with Gasteiger partial charge < -0.3 is 29.6 Å². The van der Waals surface area contributed by atoms with Crippen LogP contribution < -0.4 is 15.2 Å². The number of anilines is 1. The first-order chi connectivity index (χ1) is 17.3. The predicted octanol–water partition coefficient (Wildman–Crippen LogP) is 5.11. The van der Waals surface area contributed by atoms with Gasteiger partial charge in [-0.3, -0.25) is 9.59 Å².